The van der Waals surface area contributed by atoms with Gasteiger partial charge in [0.15, 0.2) is 0 Å². The summed E-state index contributed by atoms with van der Waals surface area (Å²) >= 11 is 6.11. The van der Waals surface area contributed by atoms with Crippen LogP contribution in [0.5, 0.6) is 5.75 Å². The molecule has 1 heterocycles. The van der Waals surface area contributed by atoms with Gasteiger partial charge < -0.3 is 10.1 Å². The number of rotatable bonds is 3. The van der Waals surface area contributed by atoms with Crippen molar-refractivity contribution in [2.75, 3.05) is 19.7 Å². The number of piperidine rings is 1. The monoisotopic (exact) mass is 281 g/mol. The molecular formula is C16H24ClNO. The second-order valence-corrected chi connectivity index (χ2v) is 6.85. The smallest absolute Gasteiger partial charge is 0.123 e. The van der Waals surface area contributed by atoms with Gasteiger partial charge in [-0.05, 0) is 43.0 Å². The number of hydrogen-bond donors (Lipinski definition) is 1. The van der Waals surface area contributed by atoms with Crippen LogP contribution in [0.15, 0.2) is 18.2 Å². The van der Waals surface area contributed by atoms with Gasteiger partial charge in [0.25, 0.3) is 0 Å². The quantitative estimate of drug-likeness (QED) is 0.904. The van der Waals surface area contributed by atoms with Gasteiger partial charge in [0, 0.05) is 23.0 Å². The molecule has 0 aliphatic carbocycles. The number of hydrogen-bond acceptors (Lipinski definition) is 2. The SMILES string of the molecule is CC(C)(C)c1cc(Cl)ccc1OCC1CCCNC1. The van der Waals surface area contributed by atoms with E-state index in [-0.39, 0.29) is 5.41 Å². The topological polar surface area (TPSA) is 21.3 Å². The van der Waals surface area contributed by atoms with Crippen LogP contribution in [-0.4, -0.2) is 19.7 Å². The Hall–Kier alpha value is -0.730. The highest BCUT2D eigenvalue weighted by Gasteiger charge is 2.21. The van der Waals surface area contributed by atoms with Crippen molar-refractivity contribution in [2.45, 2.75) is 39.0 Å². The molecule has 1 fully saturated rings. The van der Waals surface area contributed by atoms with Gasteiger partial charge in [-0.1, -0.05) is 32.4 Å². The van der Waals surface area contributed by atoms with Crippen LogP contribution in [0.25, 0.3) is 0 Å². The molecule has 1 N–H and O–H groups in total. The van der Waals surface area contributed by atoms with Crippen LogP contribution < -0.4 is 10.1 Å². The van der Waals surface area contributed by atoms with Crippen molar-refractivity contribution in [1.29, 1.82) is 0 Å². The maximum absolute atomic E-state index is 6.11. The fourth-order valence-electron chi connectivity index (χ4n) is 2.49. The normalized spacial score (nSPS) is 20.3. The van der Waals surface area contributed by atoms with Crippen LogP contribution in [0, 0.1) is 5.92 Å². The first-order chi connectivity index (χ1) is 8.97. The summed E-state index contributed by atoms with van der Waals surface area (Å²) in [6.45, 7) is 9.57. The van der Waals surface area contributed by atoms with Crippen molar-refractivity contribution in [3.63, 3.8) is 0 Å². The highest BCUT2D eigenvalue weighted by Crippen LogP contribution is 2.33. The maximum Gasteiger partial charge on any atom is 0.123 e. The average Bonchev–Trinajstić information content (AvgIpc) is 2.37. The summed E-state index contributed by atoms with van der Waals surface area (Å²) in [5.41, 5.74) is 1.23. The molecule has 3 heteroatoms. The van der Waals surface area contributed by atoms with Crippen LogP contribution in [0.2, 0.25) is 5.02 Å². The Morgan fingerprint density at radius 2 is 2.16 bits per heavy atom. The lowest BCUT2D eigenvalue weighted by Crippen LogP contribution is -2.33. The first-order valence-corrected chi connectivity index (χ1v) is 7.48. The molecule has 2 nitrogen and oxygen atoms in total. The third-order valence-corrected chi connectivity index (χ3v) is 3.86. The molecule has 1 aliphatic heterocycles. The summed E-state index contributed by atoms with van der Waals surface area (Å²) in [6.07, 6.45) is 2.51. The van der Waals surface area contributed by atoms with Crippen molar-refractivity contribution < 1.29 is 4.74 Å². The second kappa shape index (κ2) is 6.15. The lowest BCUT2D eigenvalue weighted by Gasteiger charge is -2.26. The zero-order chi connectivity index (χ0) is 13.9. The molecule has 0 spiro atoms. The molecule has 0 aromatic heterocycles. The van der Waals surface area contributed by atoms with Gasteiger partial charge >= 0.3 is 0 Å². The van der Waals surface area contributed by atoms with Crippen molar-refractivity contribution in [3.05, 3.63) is 28.8 Å². The molecule has 0 bridgehead atoms. The van der Waals surface area contributed by atoms with Gasteiger partial charge in [0.2, 0.25) is 0 Å². The van der Waals surface area contributed by atoms with Gasteiger partial charge in [-0.15, -0.1) is 0 Å². The molecule has 2 rings (SSSR count). The molecule has 19 heavy (non-hydrogen) atoms. The van der Waals surface area contributed by atoms with E-state index in [1.54, 1.807) is 0 Å². The molecule has 1 aromatic carbocycles. The van der Waals surface area contributed by atoms with E-state index in [1.807, 2.05) is 18.2 Å². The molecule has 1 aromatic rings. The molecule has 106 valence electrons. The Labute approximate surface area is 121 Å². The lowest BCUT2D eigenvalue weighted by molar-refractivity contribution is 0.215. The molecule has 0 radical (unpaired) electrons. The molecule has 1 unspecified atom stereocenters. The van der Waals surface area contributed by atoms with Crippen LogP contribution in [0.4, 0.5) is 0 Å². The van der Waals surface area contributed by atoms with E-state index in [0.29, 0.717) is 5.92 Å². The number of ether oxygens (including phenoxy) is 1. The zero-order valence-electron chi connectivity index (χ0n) is 12.1. The van der Waals surface area contributed by atoms with E-state index in [9.17, 15) is 0 Å². The Kier molecular flexibility index (Phi) is 4.75. The summed E-state index contributed by atoms with van der Waals surface area (Å²) in [5.74, 6) is 1.60. The Morgan fingerprint density at radius 1 is 1.37 bits per heavy atom. The van der Waals surface area contributed by atoms with Gasteiger partial charge in [-0.2, -0.15) is 0 Å². The fourth-order valence-corrected chi connectivity index (χ4v) is 2.66. The summed E-state index contributed by atoms with van der Waals surface area (Å²) < 4.78 is 6.06. The van der Waals surface area contributed by atoms with Crippen LogP contribution in [0.3, 0.4) is 0 Å². The summed E-state index contributed by atoms with van der Waals surface area (Å²) in [6, 6.07) is 5.93. The van der Waals surface area contributed by atoms with Crippen LogP contribution >= 0.6 is 11.6 Å². The predicted molar refractivity (Wildman–Crippen MR) is 81.2 cm³/mol. The highest BCUT2D eigenvalue weighted by molar-refractivity contribution is 6.30. The van der Waals surface area contributed by atoms with Gasteiger partial charge in [-0.3, -0.25) is 0 Å². The van der Waals surface area contributed by atoms with Crippen LogP contribution in [0.1, 0.15) is 39.2 Å². The predicted octanol–water partition coefficient (Wildman–Crippen LogP) is 4.02. The van der Waals surface area contributed by atoms with E-state index in [1.165, 1.54) is 18.4 Å². The molecule has 0 saturated carbocycles. The largest absolute Gasteiger partial charge is 0.493 e. The van der Waals surface area contributed by atoms with Gasteiger partial charge in [0.1, 0.15) is 5.75 Å². The van der Waals surface area contributed by atoms with E-state index < -0.39 is 0 Å². The number of halogens is 1. The third-order valence-electron chi connectivity index (χ3n) is 3.62. The molecule has 1 saturated heterocycles. The number of nitrogens with one attached hydrogen (secondary N) is 1. The summed E-state index contributed by atoms with van der Waals surface area (Å²) in [4.78, 5) is 0. The van der Waals surface area contributed by atoms with Crippen molar-refractivity contribution in [2.24, 2.45) is 5.92 Å². The van der Waals surface area contributed by atoms with Crippen molar-refractivity contribution >= 4 is 11.6 Å². The minimum atomic E-state index is 0.0467. The van der Waals surface area contributed by atoms with Crippen molar-refractivity contribution in [1.82, 2.24) is 5.32 Å². The molecule has 1 atom stereocenters. The molecule has 1 aliphatic rings. The van der Waals surface area contributed by atoms with Crippen molar-refractivity contribution in [3.8, 4) is 5.75 Å². The first-order valence-electron chi connectivity index (χ1n) is 7.10. The van der Waals surface area contributed by atoms with Gasteiger partial charge in [-0.25, -0.2) is 0 Å². The van der Waals surface area contributed by atoms with E-state index >= 15 is 0 Å². The van der Waals surface area contributed by atoms with Crippen LogP contribution in [-0.2, 0) is 5.41 Å². The van der Waals surface area contributed by atoms with Gasteiger partial charge in [0.05, 0.1) is 6.61 Å². The minimum Gasteiger partial charge on any atom is -0.493 e. The zero-order valence-corrected chi connectivity index (χ0v) is 12.9. The Morgan fingerprint density at radius 3 is 2.79 bits per heavy atom. The second-order valence-electron chi connectivity index (χ2n) is 6.41. The average molecular weight is 282 g/mol. The number of benzene rings is 1. The standard InChI is InChI=1S/C16H24ClNO/c1-16(2,3)14-9-13(17)6-7-15(14)19-11-12-5-4-8-18-10-12/h6-7,9,12,18H,4-5,8,10-11H2,1-3H3. The Balaban J connectivity index is 2.06. The molecule has 0 amide bonds. The summed E-state index contributed by atoms with van der Waals surface area (Å²) in [7, 11) is 0. The molecular weight excluding hydrogens is 258 g/mol. The Bertz CT molecular complexity index is 419. The third kappa shape index (κ3) is 4.12. The van der Waals surface area contributed by atoms with E-state index in [4.69, 9.17) is 16.3 Å². The first kappa shape index (κ1) is 14.7. The fraction of sp³-hybridized carbons (Fsp3) is 0.625. The minimum absolute atomic E-state index is 0.0467. The lowest BCUT2D eigenvalue weighted by atomic mass is 9.86. The summed E-state index contributed by atoms with van der Waals surface area (Å²) in [5, 5.41) is 4.20. The highest BCUT2D eigenvalue weighted by atomic mass is 35.5. The maximum atomic E-state index is 6.11. The van der Waals surface area contributed by atoms with E-state index in [0.717, 1.165) is 30.5 Å². The van der Waals surface area contributed by atoms with E-state index in [2.05, 4.69) is 26.1 Å².